The van der Waals surface area contributed by atoms with Gasteiger partial charge in [-0.3, -0.25) is 14.6 Å². The first-order valence-corrected chi connectivity index (χ1v) is 19.4. The SMILES string of the molecule is COc1cc2c(cc1CC1[C@@H]3CC4c5c(c6ccccc6n5C)C[C@@H]([C@@H]3COC1(C)O)N4C)c1c(n2C)C2C[C@H]3C(C(C)=O)=COC[C@H]3[C@H](C1)N2C. The van der Waals surface area contributed by atoms with E-state index >= 15 is 0 Å². The molecular formula is C43H52N4O5. The molecule has 0 spiro atoms. The summed E-state index contributed by atoms with van der Waals surface area (Å²) in [4.78, 5) is 17.8. The van der Waals surface area contributed by atoms with Crippen LogP contribution < -0.4 is 4.74 Å². The van der Waals surface area contributed by atoms with Crippen LogP contribution in [-0.4, -0.2) is 82.1 Å². The van der Waals surface area contributed by atoms with Gasteiger partial charge in [0.2, 0.25) is 0 Å². The lowest BCUT2D eigenvalue weighted by molar-refractivity contribution is -0.289. The quantitative estimate of drug-likeness (QED) is 0.286. The average Bonchev–Trinajstić information content (AvgIpc) is 3.55. The monoisotopic (exact) mass is 704 g/mol. The van der Waals surface area contributed by atoms with Crippen LogP contribution in [0.1, 0.15) is 66.9 Å². The summed E-state index contributed by atoms with van der Waals surface area (Å²) in [7, 11) is 10.7. The molecule has 10 atom stereocenters. The lowest BCUT2D eigenvalue weighted by Gasteiger charge is -2.58. The Hall–Kier alpha value is -3.63. The number of ketones is 1. The molecule has 10 rings (SSSR count). The van der Waals surface area contributed by atoms with Crippen molar-refractivity contribution in [2.75, 3.05) is 34.4 Å². The number of methoxy groups -OCH3 is 1. The Morgan fingerprint density at radius 3 is 2.29 bits per heavy atom. The van der Waals surface area contributed by atoms with E-state index in [-0.39, 0.29) is 35.6 Å². The molecule has 6 aliphatic rings. The highest BCUT2D eigenvalue weighted by Crippen LogP contribution is 2.56. The third-order valence-corrected chi connectivity index (χ3v) is 15.0. The van der Waals surface area contributed by atoms with E-state index in [1.807, 2.05) is 6.92 Å². The fourth-order valence-corrected chi connectivity index (χ4v) is 12.5. The second-order valence-corrected chi connectivity index (χ2v) is 17.2. The standard InChI is InChI=1S/C43H52N4O5/c1-22(48)30-19-51-20-31-25(30)14-38-42-29(17-35(31)44(38)3)27-12-23(40(50-7)18-37(27)47(42)6)13-33-26-15-39-41-28(24-10-8-9-11-34(24)46(41)5)16-36(45(39)4)32(26)21-52-43(33,2)49/h8-12,18-19,25-26,31-33,35-36,38-39,49H,13-17,20-21H2,1-7H3/t25-,26+,31+,32+,33?,35-,36-,38?,39?,43?/m0/s1. The second-order valence-electron chi connectivity index (χ2n) is 17.2. The Labute approximate surface area is 306 Å². The molecule has 0 aliphatic carbocycles. The van der Waals surface area contributed by atoms with Crippen LogP contribution in [0.15, 0.2) is 48.2 Å². The molecule has 2 aromatic heterocycles. The molecular weight excluding hydrogens is 652 g/mol. The average molecular weight is 705 g/mol. The number of carbonyl (C=O) groups is 1. The van der Waals surface area contributed by atoms with Crippen LogP contribution in [-0.2, 0) is 47.6 Å². The molecule has 3 saturated heterocycles. The van der Waals surface area contributed by atoms with Crippen LogP contribution in [0.4, 0.5) is 0 Å². The fourth-order valence-electron chi connectivity index (χ4n) is 12.5. The van der Waals surface area contributed by atoms with Crippen molar-refractivity contribution in [1.29, 1.82) is 0 Å². The van der Waals surface area contributed by atoms with Crippen molar-refractivity contribution >= 4 is 27.6 Å². The Morgan fingerprint density at radius 2 is 1.56 bits per heavy atom. The van der Waals surface area contributed by atoms with Crippen LogP contribution in [0.5, 0.6) is 5.75 Å². The van der Waals surface area contributed by atoms with E-state index < -0.39 is 5.79 Å². The number of aliphatic hydroxyl groups is 1. The van der Waals surface area contributed by atoms with Gasteiger partial charge in [-0.05, 0) is 101 Å². The number of hydrogen-bond donors (Lipinski definition) is 1. The highest BCUT2D eigenvalue weighted by molar-refractivity contribution is 5.94. The maximum absolute atomic E-state index is 12.7. The number of ether oxygens (including phenoxy) is 3. The lowest BCUT2D eigenvalue weighted by atomic mass is 9.62. The number of hydrogen-bond acceptors (Lipinski definition) is 7. The third-order valence-electron chi connectivity index (χ3n) is 15.0. The van der Waals surface area contributed by atoms with E-state index in [2.05, 4.69) is 83.5 Å². The van der Waals surface area contributed by atoms with Gasteiger partial charge in [0.1, 0.15) is 5.75 Å². The van der Waals surface area contributed by atoms with Crippen molar-refractivity contribution in [1.82, 2.24) is 18.9 Å². The maximum Gasteiger partial charge on any atom is 0.166 e. The summed E-state index contributed by atoms with van der Waals surface area (Å²) in [6, 6.07) is 14.6. The number of likely N-dealkylation sites (N-methyl/N-ethyl adjacent to an activating group) is 2. The Kier molecular flexibility index (Phi) is 7.25. The summed E-state index contributed by atoms with van der Waals surface area (Å²) in [5.41, 5.74) is 10.2. The van der Waals surface area contributed by atoms with Crippen molar-refractivity contribution in [2.24, 2.45) is 43.7 Å². The molecule has 4 unspecified atom stereocenters. The number of para-hydroxylation sites is 1. The third kappa shape index (κ3) is 4.39. The van der Waals surface area contributed by atoms with Crippen molar-refractivity contribution < 1.29 is 24.1 Å². The van der Waals surface area contributed by atoms with Gasteiger partial charge in [0.05, 0.1) is 44.2 Å². The van der Waals surface area contributed by atoms with Crippen molar-refractivity contribution in [2.45, 2.75) is 75.9 Å². The van der Waals surface area contributed by atoms with E-state index in [1.165, 1.54) is 44.3 Å². The normalized spacial score (nSPS) is 35.3. The number of rotatable bonds is 4. The zero-order chi connectivity index (χ0) is 36.0. The Bertz CT molecular complexity index is 2180. The van der Waals surface area contributed by atoms with Gasteiger partial charge in [-0.25, -0.2) is 0 Å². The van der Waals surface area contributed by atoms with Gasteiger partial charge < -0.3 is 28.5 Å². The van der Waals surface area contributed by atoms with E-state index in [0.717, 1.165) is 42.6 Å². The van der Waals surface area contributed by atoms with Gasteiger partial charge in [0.25, 0.3) is 0 Å². The first kappa shape index (κ1) is 33.0. The molecule has 0 saturated carbocycles. The summed E-state index contributed by atoms with van der Waals surface area (Å²) in [6.07, 6.45) is 6.23. The van der Waals surface area contributed by atoms with E-state index in [0.29, 0.717) is 43.6 Å². The molecule has 274 valence electrons. The minimum atomic E-state index is -1.25. The molecule has 4 aromatic rings. The first-order valence-electron chi connectivity index (χ1n) is 19.4. The van der Waals surface area contributed by atoms with Crippen molar-refractivity contribution in [3.8, 4) is 5.75 Å². The highest BCUT2D eigenvalue weighted by atomic mass is 16.6. The zero-order valence-electron chi connectivity index (χ0n) is 31.6. The van der Waals surface area contributed by atoms with Crippen LogP contribution in [0, 0.1) is 29.6 Å². The maximum atomic E-state index is 12.7. The molecule has 4 bridgehead atoms. The van der Waals surface area contributed by atoms with Crippen LogP contribution in [0.25, 0.3) is 21.8 Å². The summed E-state index contributed by atoms with van der Waals surface area (Å²) in [6.45, 7) is 4.79. The van der Waals surface area contributed by atoms with Gasteiger partial charge in [-0.15, -0.1) is 0 Å². The van der Waals surface area contributed by atoms with Gasteiger partial charge in [0.15, 0.2) is 11.6 Å². The summed E-state index contributed by atoms with van der Waals surface area (Å²) < 4.78 is 23.4. The smallest absolute Gasteiger partial charge is 0.166 e. The molecule has 52 heavy (non-hydrogen) atoms. The molecule has 2 aromatic carbocycles. The molecule has 9 heteroatoms. The zero-order valence-corrected chi connectivity index (χ0v) is 31.6. The topological polar surface area (TPSA) is 81.3 Å². The molecule has 6 aliphatic heterocycles. The van der Waals surface area contributed by atoms with E-state index in [1.54, 1.807) is 20.3 Å². The molecule has 9 nitrogen and oxygen atoms in total. The first-order chi connectivity index (χ1) is 25.0. The summed E-state index contributed by atoms with van der Waals surface area (Å²) >= 11 is 0. The number of benzene rings is 2. The number of aromatic nitrogens is 2. The lowest BCUT2D eigenvalue weighted by Crippen LogP contribution is -2.62. The van der Waals surface area contributed by atoms with Gasteiger partial charge in [-0.2, -0.15) is 0 Å². The number of Topliss-reactive ketones (excluding diaryl/α,β-unsaturated/α-hetero) is 1. The number of aryl methyl sites for hydroxylation is 2. The molecule has 0 amide bonds. The van der Waals surface area contributed by atoms with Crippen molar-refractivity contribution in [3.05, 3.63) is 76.3 Å². The van der Waals surface area contributed by atoms with Crippen molar-refractivity contribution in [3.63, 3.8) is 0 Å². The van der Waals surface area contributed by atoms with Gasteiger partial charge in [-0.1, -0.05) is 18.2 Å². The fraction of sp³-hybridized carbons (Fsp3) is 0.558. The van der Waals surface area contributed by atoms with Crippen LogP contribution >= 0.6 is 0 Å². The Balaban J connectivity index is 1.04. The van der Waals surface area contributed by atoms with Crippen LogP contribution in [0.2, 0.25) is 0 Å². The minimum Gasteiger partial charge on any atom is -0.500 e. The molecule has 3 fully saturated rings. The molecule has 8 heterocycles. The Morgan fingerprint density at radius 1 is 0.885 bits per heavy atom. The molecule has 1 N–H and O–H groups in total. The predicted molar refractivity (Wildman–Crippen MR) is 200 cm³/mol. The van der Waals surface area contributed by atoms with Gasteiger partial charge in [0, 0.05) is 83.2 Å². The van der Waals surface area contributed by atoms with Crippen LogP contribution in [0.3, 0.4) is 0 Å². The number of allylic oxidation sites excluding steroid dienone is 1. The number of nitrogens with zero attached hydrogens (tertiary/aromatic N) is 4. The summed E-state index contributed by atoms with van der Waals surface area (Å²) in [5, 5.41) is 14.7. The number of fused-ring (bicyclic) bond motifs is 16. The second kappa shape index (κ2) is 11.4. The van der Waals surface area contributed by atoms with E-state index in [4.69, 9.17) is 14.2 Å². The molecule has 0 radical (unpaired) electrons. The minimum absolute atomic E-state index is 0.0884. The summed E-state index contributed by atoms with van der Waals surface area (Å²) in [5.74, 6) is 0.777. The predicted octanol–water partition coefficient (Wildman–Crippen LogP) is 5.85. The largest absolute Gasteiger partial charge is 0.500 e. The number of piperidine rings is 2. The highest BCUT2D eigenvalue weighted by Gasteiger charge is 2.56. The number of carbonyl (C=O) groups excluding carboxylic acids is 1. The van der Waals surface area contributed by atoms with E-state index in [9.17, 15) is 9.90 Å². The van der Waals surface area contributed by atoms with Gasteiger partial charge >= 0.3 is 0 Å².